The zero-order chi connectivity index (χ0) is 22.5. The molecule has 3 aliphatic heterocycles. The van der Waals surface area contributed by atoms with Crippen molar-refractivity contribution in [1.29, 1.82) is 0 Å². The standard InChI is InChI=1S/C22H28N4O4S2/c1-15(27)24-8-6-18(7-9-24)25-12-16-11-17(14-25)20-5-4-19(22(28)26(20)13-16)23-32(29,30)21-3-2-10-31-21/h2-5,10,16-18,23H,6-9,11-14H2,1H3/p+1/t16-,17+/m0/s1. The first-order chi connectivity index (χ1) is 15.3. The Hall–Kier alpha value is -2.17. The zero-order valence-corrected chi connectivity index (χ0v) is 19.8. The van der Waals surface area contributed by atoms with E-state index in [0.717, 1.165) is 62.5 Å². The maximum Gasteiger partial charge on any atom is 0.275 e. The van der Waals surface area contributed by atoms with Crippen molar-refractivity contribution in [3.05, 3.63) is 45.7 Å². The van der Waals surface area contributed by atoms with Crippen LogP contribution >= 0.6 is 11.3 Å². The molecule has 1 unspecified atom stereocenters. The van der Waals surface area contributed by atoms with Gasteiger partial charge in [-0.1, -0.05) is 6.07 Å². The van der Waals surface area contributed by atoms with Crippen molar-refractivity contribution in [3.63, 3.8) is 0 Å². The Labute approximate surface area is 191 Å². The summed E-state index contributed by atoms with van der Waals surface area (Å²) in [5.41, 5.74) is 0.877. The van der Waals surface area contributed by atoms with Crippen LogP contribution < -0.4 is 15.2 Å². The minimum atomic E-state index is -3.75. The fourth-order valence-corrected chi connectivity index (χ4v) is 7.77. The Kier molecular flexibility index (Phi) is 5.63. The second-order valence-electron chi connectivity index (χ2n) is 9.27. The van der Waals surface area contributed by atoms with Crippen molar-refractivity contribution in [2.75, 3.05) is 30.9 Å². The van der Waals surface area contributed by atoms with Gasteiger partial charge in [-0.2, -0.15) is 0 Å². The highest BCUT2D eigenvalue weighted by atomic mass is 32.2. The van der Waals surface area contributed by atoms with Gasteiger partial charge in [0.05, 0.1) is 19.1 Å². The van der Waals surface area contributed by atoms with Gasteiger partial charge in [0.2, 0.25) is 5.91 Å². The lowest BCUT2D eigenvalue weighted by Gasteiger charge is -2.45. The van der Waals surface area contributed by atoms with Crippen LogP contribution in [0.1, 0.15) is 37.8 Å². The number of likely N-dealkylation sites (tertiary alicyclic amines) is 2. The third kappa shape index (κ3) is 3.99. The molecule has 2 fully saturated rings. The Morgan fingerprint density at radius 1 is 1.19 bits per heavy atom. The molecule has 2 aromatic heterocycles. The maximum atomic E-state index is 13.2. The van der Waals surface area contributed by atoms with Crippen molar-refractivity contribution < 1.29 is 18.1 Å². The van der Waals surface area contributed by atoms with E-state index in [4.69, 9.17) is 0 Å². The smallest absolute Gasteiger partial charge is 0.275 e. The lowest BCUT2D eigenvalue weighted by molar-refractivity contribution is -0.937. The maximum absolute atomic E-state index is 13.2. The number of rotatable bonds is 4. The van der Waals surface area contributed by atoms with Gasteiger partial charge < -0.3 is 14.4 Å². The number of pyridine rings is 1. The lowest BCUT2D eigenvalue weighted by atomic mass is 9.82. The molecule has 0 aromatic carbocycles. The molecule has 1 amide bonds. The van der Waals surface area contributed by atoms with Crippen molar-refractivity contribution in [2.24, 2.45) is 5.92 Å². The highest BCUT2D eigenvalue weighted by molar-refractivity contribution is 7.94. The van der Waals surface area contributed by atoms with Crippen LogP contribution in [0.5, 0.6) is 0 Å². The van der Waals surface area contributed by atoms with Crippen molar-refractivity contribution in [1.82, 2.24) is 9.47 Å². The molecule has 2 aromatic rings. The van der Waals surface area contributed by atoms with Crippen LogP contribution in [0.4, 0.5) is 5.69 Å². The van der Waals surface area contributed by atoms with E-state index in [2.05, 4.69) is 4.72 Å². The number of carbonyl (C=O) groups is 1. The number of aromatic nitrogens is 1. The van der Waals surface area contributed by atoms with E-state index in [-0.39, 0.29) is 21.4 Å². The van der Waals surface area contributed by atoms with Crippen molar-refractivity contribution in [2.45, 2.75) is 48.9 Å². The molecule has 5 heterocycles. The van der Waals surface area contributed by atoms with Gasteiger partial charge in [-0.25, -0.2) is 8.42 Å². The Morgan fingerprint density at radius 2 is 1.97 bits per heavy atom. The molecule has 0 spiro atoms. The number of hydrogen-bond donors (Lipinski definition) is 2. The van der Waals surface area contributed by atoms with Crippen LogP contribution in [0.3, 0.4) is 0 Å². The molecule has 2 N–H and O–H groups in total. The summed E-state index contributed by atoms with van der Waals surface area (Å²) in [5, 5.41) is 1.70. The highest BCUT2D eigenvalue weighted by Gasteiger charge is 2.41. The second kappa shape index (κ2) is 8.31. The normalized spacial score (nSPS) is 25.9. The number of thiophene rings is 1. The Bertz CT molecular complexity index is 1170. The van der Waals surface area contributed by atoms with Gasteiger partial charge in [-0.05, 0) is 30.0 Å². The molecule has 3 aliphatic rings. The van der Waals surface area contributed by atoms with E-state index in [1.54, 1.807) is 33.9 Å². The Balaban J connectivity index is 1.34. The first-order valence-corrected chi connectivity index (χ1v) is 13.6. The number of anilines is 1. The van der Waals surface area contributed by atoms with Crippen LogP contribution in [-0.2, 0) is 21.4 Å². The SMILES string of the molecule is CC(=O)N1CCC([NH+]2C[C@@H]3C[C@H](C2)c2ccc(NS(=O)(=O)c4cccs4)c(=O)n2C3)CC1. The summed E-state index contributed by atoms with van der Waals surface area (Å²) in [7, 11) is -3.75. The average Bonchev–Trinajstić information content (AvgIpc) is 3.32. The molecular weight excluding hydrogens is 448 g/mol. The first kappa shape index (κ1) is 21.7. The number of carbonyl (C=O) groups excluding carboxylic acids is 1. The van der Waals surface area contributed by atoms with Crippen LogP contribution in [0.2, 0.25) is 0 Å². The van der Waals surface area contributed by atoms with Gasteiger partial charge in [0.1, 0.15) is 9.90 Å². The molecule has 2 bridgehead atoms. The van der Waals surface area contributed by atoms with E-state index in [1.807, 2.05) is 11.0 Å². The number of sulfonamides is 1. The zero-order valence-electron chi connectivity index (χ0n) is 18.1. The number of nitrogens with one attached hydrogen (secondary N) is 2. The predicted molar refractivity (Wildman–Crippen MR) is 123 cm³/mol. The molecule has 0 aliphatic carbocycles. The second-order valence-corrected chi connectivity index (χ2v) is 12.1. The number of fused-ring (bicyclic) bond motifs is 4. The fourth-order valence-electron chi connectivity index (χ4n) is 5.72. The topological polar surface area (TPSA) is 92.9 Å². The molecular formula is C22H29N4O4S2+. The fraction of sp³-hybridized carbons (Fsp3) is 0.545. The largest absolute Gasteiger partial charge is 0.342 e. The van der Waals surface area contributed by atoms with E-state index in [1.165, 1.54) is 6.07 Å². The van der Waals surface area contributed by atoms with Crippen LogP contribution in [0.15, 0.2) is 38.6 Å². The molecule has 32 heavy (non-hydrogen) atoms. The van der Waals surface area contributed by atoms with Gasteiger partial charge >= 0.3 is 0 Å². The van der Waals surface area contributed by atoms with Gasteiger partial charge in [0.15, 0.2) is 0 Å². The first-order valence-electron chi connectivity index (χ1n) is 11.2. The summed E-state index contributed by atoms with van der Waals surface area (Å²) < 4.78 is 29.7. The summed E-state index contributed by atoms with van der Waals surface area (Å²) in [6, 6.07) is 7.32. The molecule has 3 atom stereocenters. The van der Waals surface area contributed by atoms with E-state index in [9.17, 15) is 18.0 Å². The summed E-state index contributed by atoms with van der Waals surface area (Å²) in [6.45, 7) is 5.96. The minimum Gasteiger partial charge on any atom is -0.342 e. The van der Waals surface area contributed by atoms with E-state index in [0.29, 0.717) is 24.4 Å². The quantitative estimate of drug-likeness (QED) is 0.679. The molecule has 8 nitrogen and oxygen atoms in total. The lowest BCUT2D eigenvalue weighted by Crippen LogP contribution is -3.18. The van der Waals surface area contributed by atoms with Crippen LogP contribution in [-0.4, -0.2) is 56.0 Å². The average molecular weight is 478 g/mol. The Morgan fingerprint density at radius 3 is 2.66 bits per heavy atom. The van der Waals surface area contributed by atoms with Crippen LogP contribution in [0, 0.1) is 5.92 Å². The third-order valence-electron chi connectivity index (χ3n) is 7.27. The number of quaternary nitrogens is 1. The minimum absolute atomic E-state index is 0.114. The van der Waals surface area contributed by atoms with Gasteiger partial charge in [-0.3, -0.25) is 14.3 Å². The van der Waals surface area contributed by atoms with Gasteiger partial charge in [0.25, 0.3) is 15.6 Å². The highest BCUT2D eigenvalue weighted by Crippen LogP contribution is 2.32. The van der Waals surface area contributed by atoms with E-state index >= 15 is 0 Å². The van der Waals surface area contributed by atoms with Gasteiger partial charge in [-0.15, -0.1) is 11.3 Å². The molecule has 172 valence electrons. The molecule has 5 rings (SSSR count). The molecule has 0 saturated carbocycles. The summed E-state index contributed by atoms with van der Waals surface area (Å²) in [5.74, 6) is 0.871. The van der Waals surface area contributed by atoms with Gasteiger partial charge in [0, 0.05) is 56.9 Å². The molecule has 2 saturated heterocycles. The number of amides is 1. The number of hydrogen-bond acceptors (Lipinski definition) is 5. The van der Waals surface area contributed by atoms with Crippen LogP contribution in [0.25, 0.3) is 0 Å². The van der Waals surface area contributed by atoms with E-state index < -0.39 is 10.0 Å². The monoisotopic (exact) mass is 477 g/mol. The molecule has 10 heteroatoms. The number of nitrogens with zero attached hydrogens (tertiary/aromatic N) is 2. The van der Waals surface area contributed by atoms with Crippen molar-refractivity contribution >= 4 is 33.0 Å². The number of piperidine rings is 2. The molecule has 0 radical (unpaired) electrons. The summed E-state index contributed by atoms with van der Waals surface area (Å²) >= 11 is 1.13. The third-order valence-corrected chi connectivity index (χ3v) is 10.0. The summed E-state index contributed by atoms with van der Waals surface area (Å²) in [4.78, 5) is 28.3. The van der Waals surface area contributed by atoms with Crippen molar-refractivity contribution in [3.8, 4) is 0 Å². The summed E-state index contributed by atoms with van der Waals surface area (Å²) in [6.07, 6.45) is 3.14. The predicted octanol–water partition coefficient (Wildman–Crippen LogP) is 0.724.